The summed E-state index contributed by atoms with van der Waals surface area (Å²) in [5, 5.41) is 3.57. The van der Waals surface area contributed by atoms with Crippen molar-refractivity contribution in [2.75, 3.05) is 6.54 Å². The highest BCUT2D eigenvalue weighted by atomic mass is 16.5. The first-order valence-electron chi connectivity index (χ1n) is 8.19. The molecule has 0 radical (unpaired) electrons. The van der Waals surface area contributed by atoms with Gasteiger partial charge in [0.05, 0.1) is 11.7 Å². The van der Waals surface area contributed by atoms with Crippen LogP contribution in [0, 0.1) is 0 Å². The molecule has 1 aliphatic carbocycles. The number of hydrogen-bond acceptors (Lipinski definition) is 2. The molecule has 2 atom stereocenters. The molecule has 2 rings (SSSR count). The SMILES string of the molecule is CCNC(CC)CCCC1CCC2(CCCC2)O1. The second-order valence-electron chi connectivity index (χ2n) is 6.26. The molecular weight excluding hydrogens is 222 g/mol. The van der Waals surface area contributed by atoms with Crippen LogP contribution in [-0.2, 0) is 4.74 Å². The van der Waals surface area contributed by atoms with Crippen molar-refractivity contribution in [3.05, 3.63) is 0 Å². The predicted molar refractivity (Wildman–Crippen MR) is 76.9 cm³/mol. The van der Waals surface area contributed by atoms with Crippen LogP contribution in [0.4, 0.5) is 0 Å². The molecule has 1 N–H and O–H groups in total. The first-order chi connectivity index (χ1) is 8.78. The van der Waals surface area contributed by atoms with E-state index in [1.54, 1.807) is 0 Å². The summed E-state index contributed by atoms with van der Waals surface area (Å²) in [7, 11) is 0. The van der Waals surface area contributed by atoms with Gasteiger partial charge in [0.2, 0.25) is 0 Å². The zero-order valence-corrected chi connectivity index (χ0v) is 12.3. The van der Waals surface area contributed by atoms with E-state index in [0.29, 0.717) is 11.7 Å². The summed E-state index contributed by atoms with van der Waals surface area (Å²) < 4.78 is 6.36. The topological polar surface area (TPSA) is 21.3 Å². The first-order valence-corrected chi connectivity index (χ1v) is 8.19. The van der Waals surface area contributed by atoms with Crippen LogP contribution in [0.3, 0.4) is 0 Å². The van der Waals surface area contributed by atoms with E-state index in [9.17, 15) is 0 Å². The van der Waals surface area contributed by atoms with Gasteiger partial charge in [0.1, 0.15) is 0 Å². The van der Waals surface area contributed by atoms with Gasteiger partial charge in [0.25, 0.3) is 0 Å². The van der Waals surface area contributed by atoms with E-state index in [4.69, 9.17) is 4.74 Å². The summed E-state index contributed by atoms with van der Waals surface area (Å²) in [4.78, 5) is 0. The third kappa shape index (κ3) is 3.71. The quantitative estimate of drug-likeness (QED) is 0.739. The Balaban J connectivity index is 1.63. The lowest BCUT2D eigenvalue weighted by Gasteiger charge is -2.24. The van der Waals surface area contributed by atoms with Crippen molar-refractivity contribution in [1.82, 2.24) is 5.32 Å². The average molecular weight is 253 g/mol. The van der Waals surface area contributed by atoms with Gasteiger partial charge in [-0.05, 0) is 57.9 Å². The molecular formula is C16H31NO. The average Bonchev–Trinajstić information content (AvgIpc) is 2.99. The monoisotopic (exact) mass is 253 g/mol. The molecule has 2 aliphatic rings. The summed E-state index contributed by atoms with van der Waals surface area (Å²) in [6, 6.07) is 0.719. The Bertz CT molecular complexity index is 235. The fourth-order valence-corrected chi connectivity index (χ4v) is 3.82. The van der Waals surface area contributed by atoms with E-state index in [0.717, 1.165) is 12.6 Å². The summed E-state index contributed by atoms with van der Waals surface area (Å²) in [5.41, 5.74) is 0.330. The molecule has 106 valence electrons. The third-order valence-corrected chi connectivity index (χ3v) is 4.92. The summed E-state index contributed by atoms with van der Waals surface area (Å²) in [6.45, 7) is 5.58. The molecule has 1 aliphatic heterocycles. The smallest absolute Gasteiger partial charge is 0.0687 e. The van der Waals surface area contributed by atoms with E-state index < -0.39 is 0 Å². The minimum absolute atomic E-state index is 0.330. The number of ether oxygens (including phenoxy) is 1. The first kappa shape index (κ1) is 14.3. The molecule has 2 nitrogen and oxygen atoms in total. The molecule has 0 amide bonds. The van der Waals surface area contributed by atoms with Crippen LogP contribution in [-0.4, -0.2) is 24.3 Å². The number of hydrogen-bond donors (Lipinski definition) is 1. The van der Waals surface area contributed by atoms with Crippen molar-refractivity contribution in [2.24, 2.45) is 0 Å². The lowest BCUT2D eigenvalue weighted by molar-refractivity contribution is -0.0396. The van der Waals surface area contributed by atoms with Crippen molar-refractivity contribution >= 4 is 0 Å². The van der Waals surface area contributed by atoms with Crippen molar-refractivity contribution < 1.29 is 4.74 Å². The normalized spacial score (nSPS) is 28.0. The van der Waals surface area contributed by atoms with Gasteiger partial charge in [0.15, 0.2) is 0 Å². The molecule has 0 aromatic rings. The van der Waals surface area contributed by atoms with Crippen LogP contribution in [0.2, 0.25) is 0 Å². The molecule has 0 bridgehead atoms. The Morgan fingerprint density at radius 2 is 2.00 bits per heavy atom. The van der Waals surface area contributed by atoms with Gasteiger partial charge < -0.3 is 10.1 Å². The molecule has 18 heavy (non-hydrogen) atoms. The number of nitrogens with one attached hydrogen (secondary N) is 1. The molecule has 2 heteroatoms. The second-order valence-corrected chi connectivity index (χ2v) is 6.26. The lowest BCUT2D eigenvalue weighted by atomic mass is 9.97. The maximum atomic E-state index is 6.36. The number of rotatable bonds is 7. The van der Waals surface area contributed by atoms with Gasteiger partial charge in [-0.3, -0.25) is 0 Å². The maximum absolute atomic E-state index is 6.36. The van der Waals surface area contributed by atoms with Crippen LogP contribution in [0.15, 0.2) is 0 Å². The van der Waals surface area contributed by atoms with Gasteiger partial charge >= 0.3 is 0 Å². The van der Waals surface area contributed by atoms with Crippen molar-refractivity contribution in [2.45, 2.75) is 95.8 Å². The molecule has 1 spiro atoms. The Morgan fingerprint density at radius 1 is 1.22 bits per heavy atom. The standard InChI is InChI=1S/C16H31NO/c1-3-14(17-4-2)8-7-9-15-10-13-16(18-15)11-5-6-12-16/h14-15,17H,3-13H2,1-2H3. The third-order valence-electron chi connectivity index (χ3n) is 4.92. The van der Waals surface area contributed by atoms with E-state index in [-0.39, 0.29) is 0 Å². The Hall–Kier alpha value is -0.0800. The Morgan fingerprint density at radius 3 is 2.67 bits per heavy atom. The predicted octanol–water partition coefficient (Wildman–Crippen LogP) is 4.04. The van der Waals surface area contributed by atoms with E-state index in [1.807, 2.05) is 0 Å². The van der Waals surface area contributed by atoms with Crippen molar-refractivity contribution in [1.29, 1.82) is 0 Å². The molecule has 0 aromatic heterocycles. The highest BCUT2D eigenvalue weighted by molar-refractivity contribution is 4.92. The molecule has 0 aromatic carbocycles. The zero-order chi connectivity index (χ0) is 12.8. The van der Waals surface area contributed by atoms with E-state index >= 15 is 0 Å². The largest absolute Gasteiger partial charge is 0.372 e. The van der Waals surface area contributed by atoms with Gasteiger partial charge in [0, 0.05) is 6.04 Å². The fourth-order valence-electron chi connectivity index (χ4n) is 3.82. The van der Waals surface area contributed by atoms with Gasteiger partial charge in [-0.1, -0.05) is 26.7 Å². The zero-order valence-electron chi connectivity index (χ0n) is 12.3. The molecule has 2 fully saturated rings. The minimum atomic E-state index is 0.330. The molecule has 1 saturated heterocycles. The summed E-state index contributed by atoms with van der Waals surface area (Å²) >= 11 is 0. The Labute approximate surface area is 113 Å². The van der Waals surface area contributed by atoms with Gasteiger partial charge in [-0.15, -0.1) is 0 Å². The molecule has 1 heterocycles. The summed E-state index contributed by atoms with van der Waals surface area (Å²) in [5.74, 6) is 0. The fraction of sp³-hybridized carbons (Fsp3) is 1.00. The maximum Gasteiger partial charge on any atom is 0.0687 e. The van der Waals surface area contributed by atoms with Crippen LogP contribution in [0.1, 0.15) is 78.1 Å². The van der Waals surface area contributed by atoms with Crippen LogP contribution in [0.5, 0.6) is 0 Å². The highest BCUT2D eigenvalue weighted by Crippen LogP contribution is 2.44. The van der Waals surface area contributed by atoms with Crippen LogP contribution >= 0.6 is 0 Å². The van der Waals surface area contributed by atoms with Gasteiger partial charge in [-0.2, -0.15) is 0 Å². The highest BCUT2D eigenvalue weighted by Gasteiger charge is 2.41. The minimum Gasteiger partial charge on any atom is -0.372 e. The van der Waals surface area contributed by atoms with Gasteiger partial charge in [-0.25, -0.2) is 0 Å². The molecule has 2 unspecified atom stereocenters. The summed E-state index contributed by atoms with van der Waals surface area (Å²) in [6.07, 6.45) is 13.9. The van der Waals surface area contributed by atoms with Crippen LogP contribution in [0.25, 0.3) is 0 Å². The molecule has 1 saturated carbocycles. The van der Waals surface area contributed by atoms with Crippen molar-refractivity contribution in [3.63, 3.8) is 0 Å². The van der Waals surface area contributed by atoms with E-state index in [2.05, 4.69) is 19.2 Å². The van der Waals surface area contributed by atoms with Crippen LogP contribution < -0.4 is 5.32 Å². The lowest BCUT2D eigenvalue weighted by Crippen LogP contribution is -2.28. The van der Waals surface area contributed by atoms with Crippen molar-refractivity contribution in [3.8, 4) is 0 Å². The second kappa shape index (κ2) is 6.91. The Kier molecular flexibility index (Phi) is 5.50. The van der Waals surface area contributed by atoms with E-state index in [1.165, 1.54) is 64.2 Å².